The highest BCUT2D eigenvalue weighted by atomic mass is 32.2. The highest BCUT2D eigenvalue weighted by Gasteiger charge is 2.24. The Morgan fingerprint density at radius 1 is 0.893 bits per heavy atom. The number of nitro groups is 1. The Balaban J connectivity index is 1.94. The molecule has 0 radical (unpaired) electrons. The molecule has 0 saturated heterocycles. The largest absolute Gasteiger partial charge is 0.269 e. The van der Waals surface area contributed by atoms with Gasteiger partial charge >= 0.3 is 0 Å². The zero-order chi connectivity index (χ0) is 20.1. The Morgan fingerprint density at radius 3 is 2.18 bits per heavy atom. The van der Waals surface area contributed by atoms with Gasteiger partial charge in [0.15, 0.2) is 0 Å². The number of nitro benzene ring substituents is 1. The van der Waals surface area contributed by atoms with Crippen LogP contribution in [0.2, 0.25) is 0 Å². The zero-order valence-electron chi connectivity index (χ0n) is 15.4. The van der Waals surface area contributed by atoms with Gasteiger partial charge < -0.3 is 0 Å². The maximum atomic E-state index is 13.2. The van der Waals surface area contributed by atoms with E-state index in [1.807, 2.05) is 55.5 Å². The van der Waals surface area contributed by atoms with Gasteiger partial charge in [-0.1, -0.05) is 54.6 Å². The van der Waals surface area contributed by atoms with Gasteiger partial charge in [0, 0.05) is 12.1 Å². The molecule has 0 aliphatic heterocycles. The molecular weight excluding hydrogens is 376 g/mol. The van der Waals surface area contributed by atoms with Crippen LogP contribution in [-0.2, 0) is 22.3 Å². The predicted octanol–water partition coefficient (Wildman–Crippen LogP) is 4.44. The van der Waals surface area contributed by atoms with Gasteiger partial charge in [0.2, 0.25) is 10.0 Å². The van der Waals surface area contributed by atoms with E-state index in [9.17, 15) is 18.5 Å². The first-order valence-corrected chi connectivity index (χ1v) is 10.3. The van der Waals surface area contributed by atoms with Crippen LogP contribution in [0.15, 0.2) is 78.9 Å². The molecule has 0 aromatic heterocycles. The second-order valence-corrected chi connectivity index (χ2v) is 8.40. The van der Waals surface area contributed by atoms with Crippen molar-refractivity contribution < 1.29 is 13.3 Å². The standard InChI is InChI=1S/C21H20N2O4S/c1-17-6-5-9-21(14-17)22(15-18-7-3-2-4-8-18)28(26,27)16-19-10-12-20(13-11-19)23(24)25/h2-14H,15-16H2,1H3. The number of hydrogen-bond donors (Lipinski definition) is 0. The van der Waals surface area contributed by atoms with E-state index in [-0.39, 0.29) is 18.0 Å². The molecule has 6 nitrogen and oxygen atoms in total. The molecule has 0 heterocycles. The molecule has 7 heteroatoms. The van der Waals surface area contributed by atoms with Crippen LogP contribution < -0.4 is 4.31 Å². The summed E-state index contributed by atoms with van der Waals surface area (Å²) in [4.78, 5) is 10.3. The molecular formula is C21H20N2O4S. The predicted molar refractivity (Wildman–Crippen MR) is 110 cm³/mol. The zero-order valence-corrected chi connectivity index (χ0v) is 16.2. The summed E-state index contributed by atoms with van der Waals surface area (Å²) in [5.74, 6) is -0.244. The summed E-state index contributed by atoms with van der Waals surface area (Å²) >= 11 is 0. The lowest BCUT2D eigenvalue weighted by Gasteiger charge is -2.25. The number of aryl methyl sites for hydroxylation is 1. The fourth-order valence-electron chi connectivity index (χ4n) is 2.89. The van der Waals surface area contributed by atoms with Gasteiger partial charge in [-0.2, -0.15) is 0 Å². The summed E-state index contributed by atoms with van der Waals surface area (Å²) in [6, 6.07) is 22.3. The van der Waals surface area contributed by atoms with Gasteiger partial charge in [0.05, 0.1) is 22.9 Å². The molecule has 144 valence electrons. The third kappa shape index (κ3) is 4.75. The maximum Gasteiger partial charge on any atom is 0.269 e. The van der Waals surface area contributed by atoms with Gasteiger partial charge in [0.1, 0.15) is 0 Å². The number of sulfonamides is 1. The van der Waals surface area contributed by atoms with Crippen LogP contribution in [0.5, 0.6) is 0 Å². The SMILES string of the molecule is Cc1cccc(N(Cc2ccccc2)S(=O)(=O)Cc2ccc([N+](=O)[O-])cc2)c1. The third-order valence-electron chi connectivity index (χ3n) is 4.29. The van der Waals surface area contributed by atoms with Crippen LogP contribution in [-0.4, -0.2) is 13.3 Å². The van der Waals surface area contributed by atoms with E-state index in [0.29, 0.717) is 11.3 Å². The lowest BCUT2D eigenvalue weighted by atomic mass is 10.2. The minimum atomic E-state index is -3.71. The number of hydrogen-bond acceptors (Lipinski definition) is 4. The molecule has 0 unspecified atom stereocenters. The van der Waals surface area contributed by atoms with Gasteiger partial charge in [-0.3, -0.25) is 14.4 Å². The van der Waals surface area contributed by atoms with Crippen molar-refractivity contribution in [1.82, 2.24) is 0 Å². The number of anilines is 1. The number of non-ortho nitro benzene ring substituents is 1. The minimum Gasteiger partial charge on any atom is -0.266 e. The first-order valence-electron chi connectivity index (χ1n) is 8.69. The molecule has 28 heavy (non-hydrogen) atoms. The van der Waals surface area contributed by atoms with Crippen molar-refractivity contribution in [3.8, 4) is 0 Å². The van der Waals surface area contributed by atoms with Gasteiger partial charge in [-0.15, -0.1) is 0 Å². The first-order chi connectivity index (χ1) is 13.3. The lowest BCUT2D eigenvalue weighted by molar-refractivity contribution is -0.384. The molecule has 0 fully saturated rings. The van der Waals surface area contributed by atoms with Crippen molar-refractivity contribution in [3.63, 3.8) is 0 Å². The Labute approximate surface area is 164 Å². The van der Waals surface area contributed by atoms with Crippen molar-refractivity contribution in [3.05, 3.63) is 106 Å². The third-order valence-corrected chi connectivity index (χ3v) is 6.00. The molecule has 0 atom stereocenters. The molecule has 3 aromatic carbocycles. The average molecular weight is 396 g/mol. The van der Waals surface area contributed by atoms with E-state index < -0.39 is 14.9 Å². The van der Waals surface area contributed by atoms with E-state index >= 15 is 0 Å². The lowest BCUT2D eigenvalue weighted by Crippen LogP contribution is -2.31. The van der Waals surface area contributed by atoms with E-state index in [4.69, 9.17) is 0 Å². The fraction of sp³-hybridized carbons (Fsp3) is 0.143. The molecule has 3 aromatic rings. The number of benzene rings is 3. The van der Waals surface area contributed by atoms with Crippen molar-refractivity contribution in [2.24, 2.45) is 0 Å². The second-order valence-electron chi connectivity index (χ2n) is 6.51. The quantitative estimate of drug-likeness (QED) is 0.437. The first kappa shape index (κ1) is 19.6. The topological polar surface area (TPSA) is 80.5 Å². The summed E-state index contributed by atoms with van der Waals surface area (Å²) in [6.07, 6.45) is 0. The molecule has 0 aliphatic carbocycles. The summed E-state index contributed by atoms with van der Waals surface area (Å²) in [5.41, 5.74) is 2.85. The maximum absolute atomic E-state index is 13.2. The fourth-order valence-corrected chi connectivity index (χ4v) is 4.44. The van der Waals surface area contributed by atoms with E-state index in [0.717, 1.165) is 11.1 Å². The highest BCUT2D eigenvalue weighted by Crippen LogP contribution is 2.25. The minimum absolute atomic E-state index is 0.0685. The van der Waals surface area contributed by atoms with Crippen LogP contribution in [0, 0.1) is 17.0 Å². The van der Waals surface area contributed by atoms with Crippen molar-refractivity contribution >= 4 is 21.4 Å². The van der Waals surface area contributed by atoms with Crippen LogP contribution in [0.3, 0.4) is 0 Å². The van der Waals surface area contributed by atoms with E-state index in [2.05, 4.69) is 0 Å². The van der Waals surface area contributed by atoms with E-state index in [1.165, 1.54) is 28.6 Å². The summed E-state index contributed by atoms with van der Waals surface area (Å²) in [7, 11) is -3.71. The smallest absolute Gasteiger partial charge is 0.266 e. The molecule has 0 amide bonds. The summed E-state index contributed by atoms with van der Waals surface area (Å²) in [6.45, 7) is 2.12. The van der Waals surface area contributed by atoms with E-state index in [1.54, 1.807) is 6.07 Å². The number of nitrogens with zero attached hydrogens (tertiary/aromatic N) is 2. The van der Waals surface area contributed by atoms with Gasteiger partial charge in [-0.25, -0.2) is 8.42 Å². The average Bonchev–Trinajstić information content (AvgIpc) is 2.67. The molecule has 0 bridgehead atoms. The summed E-state index contributed by atoms with van der Waals surface area (Å²) in [5, 5.41) is 10.8. The van der Waals surface area contributed by atoms with Crippen molar-refractivity contribution in [2.45, 2.75) is 19.2 Å². The van der Waals surface area contributed by atoms with Crippen molar-refractivity contribution in [1.29, 1.82) is 0 Å². The van der Waals surface area contributed by atoms with Gasteiger partial charge in [-0.05, 0) is 35.7 Å². The second kappa shape index (κ2) is 8.22. The Bertz CT molecular complexity index is 1070. The van der Waals surface area contributed by atoms with Crippen LogP contribution in [0.25, 0.3) is 0 Å². The molecule has 0 N–H and O–H groups in total. The van der Waals surface area contributed by atoms with Crippen LogP contribution >= 0.6 is 0 Å². The Hall–Kier alpha value is -3.19. The van der Waals surface area contributed by atoms with Crippen molar-refractivity contribution in [2.75, 3.05) is 4.31 Å². The molecule has 0 spiro atoms. The number of rotatable bonds is 7. The van der Waals surface area contributed by atoms with Crippen LogP contribution in [0.4, 0.5) is 11.4 Å². The van der Waals surface area contributed by atoms with Gasteiger partial charge in [0.25, 0.3) is 5.69 Å². The summed E-state index contributed by atoms with van der Waals surface area (Å²) < 4.78 is 27.8. The molecule has 0 saturated carbocycles. The Morgan fingerprint density at radius 2 is 1.57 bits per heavy atom. The Kier molecular flexibility index (Phi) is 5.75. The normalized spacial score (nSPS) is 11.2. The molecule has 0 aliphatic rings. The van der Waals surface area contributed by atoms with Crippen LogP contribution in [0.1, 0.15) is 16.7 Å². The highest BCUT2D eigenvalue weighted by molar-refractivity contribution is 7.92. The monoisotopic (exact) mass is 396 g/mol. The molecule has 3 rings (SSSR count).